The topological polar surface area (TPSA) is 85.5 Å². The number of hydrogen-bond donors (Lipinski definition) is 0. The summed E-state index contributed by atoms with van der Waals surface area (Å²) in [5.41, 5.74) is 0. The fourth-order valence-corrected chi connectivity index (χ4v) is 3.24. The fourth-order valence-electron chi connectivity index (χ4n) is 3.24. The van der Waals surface area contributed by atoms with Crippen LogP contribution >= 0.6 is 0 Å². The Hall–Kier alpha value is -1.92. The van der Waals surface area contributed by atoms with Crippen LogP contribution in [0.5, 0.6) is 0 Å². The summed E-state index contributed by atoms with van der Waals surface area (Å²) >= 11 is 0. The van der Waals surface area contributed by atoms with Crippen LogP contribution in [0, 0.1) is 5.92 Å². The Labute approximate surface area is 155 Å². The van der Waals surface area contributed by atoms with Crippen molar-refractivity contribution in [2.75, 3.05) is 19.7 Å². The van der Waals surface area contributed by atoms with Crippen molar-refractivity contribution in [2.24, 2.45) is 5.92 Å². The number of likely N-dealkylation sites (tertiary alicyclic amines) is 1. The molecule has 1 unspecified atom stereocenters. The molecular formula is C19H31N3O4. The van der Waals surface area contributed by atoms with E-state index >= 15 is 0 Å². The number of aromatic nitrogens is 2. The second-order valence-electron chi connectivity index (χ2n) is 7.25. The fraction of sp³-hybridized carbons (Fsp3) is 0.789. The minimum Gasteiger partial charge on any atom is -0.466 e. The van der Waals surface area contributed by atoms with Gasteiger partial charge in [0.1, 0.15) is 0 Å². The first-order chi connectivity index (χ1) is 12.5. The van der Waals surface area contributed by atoms with E-state index in [2.05, 4.69) is 10.1 Å². The molecule has 1 aromatic heterocycles. The molecule has 146 valence electrons. The van der Waals surface area contributed by atoms with Crippen LogP contribution in [-0.2, 0) is 20.7 Å². The van der Waals surface area contributed by atoms with Crippen molar-refractivity contribution in [3.63, 3.8) is 0 Å². The molecule has 1 atom stereocenters. The van der Waals surface area contributed by atoms with Crippen molar-refractivity contribution >= 4 is 11.9 Å². The molecule has 0 radical (unpaired) electrons. The Kier molecular flexibility index (Phi) is 8.06. The summed E-state index contributed by atoms with van der Waals surface area (Å²) < 4.78 is 10.2. The van der Waals surface area contributed by atoms with Crippen LogP contribution in [0.25, 0.3) is 0 Å². The second-order valence-corrected chi connectivity index (χ2v) is 7.25. The predicted octanol–water partition coefficient (Wildman–Crippen LogP) is 3.10. The van der Waals surface area contributed by atoms with E-state index < -0.39 is 0 Å². The molecule has 0 bridgehead atoms. The number of rotatable bonds is 9. The molecule has 2 heterocycles. The highest BCUT2D eigenvalue weighted by molar-refractivity contribution is 5.76. The summed E-state index contributed by atoms with van der Waals surface area (Å²) in [6.07, 6.45) is 5.14. The minimum atomic E-state index is -0.142. The summed E-state index contributed by atoms with van der Waals surface area (Å²) in [5.74, 6) is 1.99. The molecule has 1 fully saturated rings. The normalized spacial score (nSPS) is 17.5. The van der Waals surface area contributed by atoms with Crippen molar-refractivity contribution in [1.82, 2.24) is 15.0 Å². The molecule has 0 N–H and O–H groups in total. The molecule has 1 aliphatic heterocycles. The van der Waals surface area contributed by atoms with Gasteiger partial charge in [-0.15, -0.1) is 0 Å². The van der Waals surface area contributed by atoms with Gasteiger partial charge in [0, 0.05) is 38.3 Å². The smallest absolute Gasteiger partial charge is 0.305 e. The number of ether oxygens (including phenoxy) is 1. The van der Waals surface area contributed by atoms with Crippen molar-refractivity contribution < 1.29 is 18.8 Å². The molecule has 0 spiro atoms. The molecule has 7 heteroatoms. The average Bonchev–Trinajstić information content (AvgIpc) is 3.10. The van der Waals surface area contributed by atoms with Crippen molar-refractivity contribution in [3.8, 4) is 0 Å². The van der Waals surface area contributed by atoms with Gasteiger partial charge in [-0.05, 0) is 38.5 Å². The van der Waals surface area contributed by atoms with E-state index in [1.165, 1.54) is 0 Å². The van der Waals surface area contributed by atoms with Crippen molar-refractivity contribution in [1.29, 1.82) is 0 Å². The Morgan fingerprint density at radius 2 is 2.15 bits per heavy atom. The van der Waals surface area contributed by atoms with E-state index in [1.54, 1.807) is 0 Å². The zero-order valence-corrected chi connectivity index (χ0v) is 16.2. The number of esters is 1. The first-order valence-corrected chi connectivity index (χ1v) is 9.75. The van der Waals surface area contributed by atoms with Gasteiger partial charge in [0.25, 0.3) is 0 Å². The number of carbonyl (C=O) groups is 2. The van der Waals surface area contributed by atoms with E-state index in [1.807, 2.05) is 25.7 Å². The predicted molar refractivity (Wildman–Crippen MR) is 96.5 cm³/mol. The molecule has 1 aromatic rings. The maximum Gasteiger partial charge on any atom is 0.305 e. The van der Waals surface area contributed by atoms with Gasteiger partial charge >= 0.3 is 5.97 Å². The number of amides is 1. The highest BCUT2D eigenvalue weighted by Crippen LogP contribution is 2.22. The molecule has 1 amide bonds. The number of piperidine rings is 1. The van der Waals surface area contributed by atoms with Gasteiger partial charge in [-0.3, -0.25) is 9.59 Å². The largest absolute Gasteiger partial charge is 0.466 e. The van der Waals surface area contributed by atoms with Crippen LogP contribution in [0.3, 0.4) is 0 Å². The molecular weight excluding hydrogens is 334 g/mol. The van der Waals surface area contributed by atoms with E-state index in [9.17, 15) is 9.59 Å². The van der Waals surface area contributed by atoms with Crippen LogP contribution in [-0.4, -0.2) is 46.6 Å². The summed E-state index contributed by atoms with van der Waals surface area (Å²) in [5, 5.41) is 3.94. The standard InChI is InChI=1S/C19H31N3O4/c1-4-25-18(24)11-10-15-7-6-12-22(13-15)17(23)9-5-8-16-20-19(14(2)3)21-26-16/h14-15H,4-13H2,1-3H3. The number of carbonyl (C=O) groups excluding carboxylic acids is 2. The highest BCUT2D eigenvalue weighted by atomic mass is 16.5. The zero-order chi connectivity index (χ0) is 18.9. The van der Waals surface area contributed by atoms with Gasteiger partial charge in [-0.1, -0.05) is 19.0 Å². The van der Waals surface area contributed by atoms with E-state index in [0.29, 0.717) is 49.9 Å². The maximum atomic E-state index is 12.5. The molecule has 7 nitrogen and oxygen atoms in total. The number of hydrogen-bond acceptors (Lipinski definition) is 6. The van der Waals surface area contributed by atoms with Gasteiger partial charge in [-0.2, -0.15) is 4.98 Å². The van der Waals surface area contributed by atoms with Crippen LogP contribution in [0.1, 0.15) is 76.9 Å². The van der Waals surface area contributed by atoms with Gasteiger partial charge in [0.05, 0.1) is 6.61 Å². The van der Waals surface area contributed by atoms with Crippen LogP contribution < -0.4 is 0 Å². The van der Waals surface area contributed by atoms with Crippen molar-refractivity contribution in [3.05, 3.63) is 11.7 Å². The van der Waals surface area contributed by atoms with Crippen LogP contribution in [0.4, 0.5) is 0 Å². The van der Waals surface area contributed by atoms with E-state index in [0.717, 1.165) is 32.4 Å². The van der Waals surface area contributed by atoms with Gasteiger partial charge in [-0.25, -0.2) is 0 Å². The molecule has 26 heavy (non-hydrogen) atoms. The summed E-state index contributed by atoms with van der Waals surface area (Å²) in [4.78, 5) is 30.2. The molecule has 1 saturated heterocycles. The third-order valence-corrected chi connectivity index (χ3v) is 4.72. The van der Waals surface area contributed by atoms with E-state index in [-0.39, 0.29) is 17.8 Å². The SMILES string of the molecule is CCOC(=O)CCC1CCCN(C(=O)CCCc2nc(C(C)C)no2)C1. The zero-order valence-electron chi connectivity index (χ0n) is 16.2. The van der Waals surface area contributed by atoms with Crippen LogP contribution in [0.2, 0.25) is 0 Å². The molecule has 0 aromatic carbocycles. The molecule has 2 rings (SSSR count). The van der Waals surface area contributed by atoms with Gasteiger partial charge < -0.3 is 14.2 Å². The third kappa shape index (κ3) is 6.42. The lowest BCUT2D eigenvalue weighted by Gasteiger charge is -2.32. The summed E-state index contributed by atoms with van der Waals surface area (Å²) in [7, 11) is 0. The lowest BCUT2D eigenvalue weighted by molar-refractivity contribution is -0.143. The first-order valence-electron chi connectivity index (χ1n) is 9.75. The Balaban J connectivity index is 1.70. The number of aryl methyl sites for hydroxylation is 1. The highest BCUT2D eigenvalue weighted by Gasteiger charge is 2.24. The summed E-state index contributed by atoms with van der Waals surface area (Å²) in [6.45, 7) is 7.84. The Morgan fingerprint density at radius 3 is 2.85 bits per heavy atom. The van der Waals surface area contributed by atoms with E-state index in [4.69, 9.17) is 9.26 Å². The Bertz CT molecular complexity index is 585. The Morgan fingerprint density at radius 1 is 1.35 bits per heavy atom. The molecule has 1 aliphatic rings. The molecule has 0 aliphatic carbocycles. The average molecular weight is 365 g/mol. The van der Waals surface area contributed by atoms with Gasteiger partial charge in [0.15, 0.2) is 5.82 Å². The minimum absolute atomic E-state index is 0.142. The first kappa shape index (κ1) is 20.4. The molecule has 0 saturated carbocycles. The monoisotopic (exact) mass is 365 g/mol. The second kappa shape index (κ2) is 10.3. The quantitative estimate of drug-likeness (QED) is 0.625. The maximum absolute atomic E-state index is 12.5. The van der Waals surface area contributed by atoms with Gasteiger partial charge in [0.2, 0.25) is 11.8 Å². The lowest BCUT2D eigenvalue weighted by atomic mass is 9.93. The number of nitrogens with zero attached hydrogens (tertiary/aromatic N) is 3. The third-order valence-electron chi connectivity index (χ3n) is 4.72. The van der Waals surface area contributed by atoms with Crippen molar-refractivity contribution in [2.45, 2.75) is 71.6 Å². The summed E-state index contributed by atoms with van der Waals surface area (Å²) in [6, 6.07) is 0. The van der Waals surface area contributed by atoms with Crippen LogP contribution in [0.15, 0.2) is 4.52 Å². The lowest BCUT2D eigenvalue weighted by Crippen LogP contribution is -2.40.